The monoisotopic (exact) mass is 318 g/mol. The minimum atomic E-state index is -0.370. The van der Waals surface area contributed by atoms with Crippen molar-refractivity contribution in [2.75, 3.05) is 44.7 Å². The van der Waals surface area contributed by atoms with Gasteiger partial charge in [-0.05, 0) is 26.0 Å². The summed E-state index contributed by atoms with van der Waals surface area (Å²) in [4.78, 5) is 29.8. The van der Waals surface area contributed by atoms with Gasteiger partial charge in [-0.15, -0.1) is 0 Å². The predicted molar refractivity (Wildman–Crippen MR) is 87.5 cm³/mol. The van der Waals surface area contributed by atoms with E-state index in [4.69, 9.17) is 0 Å². The molecule has 124 valence electrons. The zero-order valence-corrected chi connectivity index (χ0v) is 13.4. The summed E-state index contributed by atoms with van der Waals surface area (Å²) in [5, 5.41) is 11.3. The molecular formula is C16H22N4O3. The highest BCUT2D eigenvalue weighted by molar-refractivity contribution is 5.87. The van der Waals surface area contributed by atoms with Crippen molar-refractivity contribution in [3.05, 3.63) is 34.4 Å². The maximum Gasteiger partial charge on any atom is 0.292 e. The molecule has 0 bridgehead atoms. The second-order valence-corrected chi connectivity index (χ2v) is 6.23. The highest BCUT2D eigenvalue weighted by Crippen LogP contribution is 2.33. The molecule has 0 radical (unpaired) electrons. The highest BCUT2D eigenvalue weighted by atomic mass is 16.6. The summed E-state index contributed by atoms with van der Waals surface area (Å²) in [6, 6.07) is 6.42. The molecule has 2 saturated heterocycles. The molecule has 0 aromatic heterocycles. The third-order valence-corrected chi connectivity index (χ3v) is 4.74. The molecule has 2 aliphatic rings. The summed E-state index contributed by atoms with van der Waals surface area (Å²) < 4.78 is 0. The summed E-state index contributed by atoms with van der Waals surface area (Å²) in [5.74, 6) is 0.105. The van der Waals surface area contributed by atoms with Crippen LogP contribution < -0.4 is 4.90 Å². The van der Waals surface area contributed by atoms with Crippen LogP contribution in [0.2, 0.25) is 0 Å². The molecule has 1 amide bonds. The Hall–Kier alpha value is -2.15. The zero-order valence-electron chi connectivity index (χ0n) is 13.4. The number of rotatable bonds is 3. The van der Waals surface area contributed by atoms with E-state index in [9.17, 15) is 14.9 Å². The predicted octanol–water partition coefficient (Wildman–Crippen LogP) is 1.34. The first kappa shape index (κ1) is 15.7. The van der Waals surface area contributed by atoms with Gasteiger partial charge in [0.2, 0.25) is 5.91 Å². The lowest BCUT2D eigenvalue weighted by molar-refractivity contribution is -0.384. The average molecular weight is 318 g/mol. The molecule has 7 heteroatoms. The van der Waals surface area contributed by atoms with Crippen LogP contribution in [0.15, 0.2) is 24.3 Å². The molecule has 7 nitrogen and oxygen atoms in total. The maximum atomic E-state index is 12.9. The Bertz CT molecular complexity index is 599. The smallest absolute Gasteiger partial charge is 0.292 e. The van der Waals surface area contributed by atoms with Gasteiger partial charge in [0.05, 0.1) is 4.92 Å². The van der Waals surface area contributed by atoms with Crippen LogP contribution in [0.4, 0.5) is 11.4 Å². The number of para-hydroxylation sites is 2. The van der Waals surface area contributed by atoms with E-state index in [0.29, 0.717) is 12.2 Å². The number of carbonyl (C=O) groups is 1. The minimum Gasteiger partial charge on any atom is -0.354 e. The first-order valence-corrected chi connectivity index (χ1v) is 8.05. The number of nitrogens with zero attached hydrogens (tertiary/aromatic N) is 4. The van der Waals surface area contributed by atoms with Crippen molar-refractivity contribution in [3.8, 4) is 0 Å². The van der Waals surface area contributed by atoms with Gasteiger partial charge in [0.25, 0.3) is 5.69 Å². The molecule has 1 aromatic rings. The molecule has 3 rings (SSSR count). The number of anilines is 1. The lowest BCUT2D eigenvalue weighted by atomic mass is 10.1. The first-order valence-electron chi connectivity index (χ1n) is 8.05. The molecule has 0 spiro atoms. The summed E-state index contributed by atoms with van der Waals surface area (Å²) in [5.41, 5.74) is 0.632. The second kappa shape index (κ2) is 6.54. The van der Waals surface area contributed by atoms with E-state index >= 15 is 0 Å². The van der Waals surface area contributed by atoms with Gasteiger partial charge in [0, 0.05) is 38.8 Å². The average Bonchev–Trinajstić information content (AvgIpc) is 3.04. The van der Waals surface area contributed by atoms with Gasteiger partial charge < -0.3 is 14.7 Å². The van der Waals surface area contributed by atoms with Gasteiger partial charge in [0.15, 0.2) is 0 Å². The molecule has 2 heterocycles. The van der Waals surface area contributed by atoms with Crippen LogP contribution in [0.3, 0.4) is 0 Å². The van der Waals surface area contributed by atoms with Crippen molar-refractivity contribution in [2.45, 2.75) is 18.9 Å². The number of benzene rings is 1. The number of nitro benzene ring substituents is 1. The van der Waals surface area contributed by atoms with Crippen LogP contribution in [0.5, 0.6) is 0 Å². The number of amides is 1. The summed E-state index contributed by atoms with van der Waals surface area (Å²) >= 11 is 0. The van der Waals surface area contributed by atoms with Gasteiger partial charge in [-0.3, -0.25) is 14.9 Å². The van der Waals surface area contributed by atoms with Gasteiger partial charge >= 0.3 is 0 Å². The van der Waals surface area contributed by atoms with Crippen molar-refractivity contribution in [2.24, 2.45) is 0 Å². The second-order valence-electron chi connectivity index (χ2n) is 6.23. The zero-order chi connectivity index (χ0) is 16.4. The van der Waals surface area contributed by atoms with Gasteiger partial charge in [-0.2, -0.15) is 0 Å². The van der Waals surface area contributed by atoms with Crippen molar-refractivity contribution in [1.29, 1.82) is 0 Å². The van der Waals surface area contributed by atoms with Crippen LogP contribution in [-0.2, 0) is 4.79 Å². The number of carbonyl (C=O) groups excluding carboxylic acids is 1. The molecule has 2 aliphatic heterocycles. The molecule has 0 N–H and O–H groups in total. The quantitative estimate of drug-likeness (QED) is 0.621. The van der Waals surface area contributed by atoms with Crippen molar-refractivity contribution in [1.82, 2.24) is 9.80 Å². The van der Waals surface area contributed by atoms with Gasteiger partial charge in [0.1, 0.15) is 11.7 Å². The van der Waals surface area contributed by atoms with E-state index in [1.165, 1.54) is 6.07 Å². The van der Waals surface area contributed by atoms with E-state index in [1.807, 2.05) is 9.80 Å². The van der Waals surface area contributed by atoms with Crippen LogP contribution in [0, 0.1) is 10.1 Å². The Morgan fingerprint density at radius 3 is 2.57 bits per heavy atom. The fourth-order valence-corrected chi connectivity index (χ4v) is 3.41. The van der Waals surface area contributed by atoms with E-state index in [2.05, 4.69) is 11.9 Å². The minimum absolute atomic E-state index is 0.0746. The molecule has 0 unspecified atom stereocenters. The van der Waals surface area contributed by atoms with Crippen LogP contribution in [-0.4, -0.2) is 66.4 Å². The fourth-order valence-electron chi connectivity index (χ4n) is 3.41. The Morgan fingerprint density at radius 1 is 1.17 bits per heavy atom. The number of nitro groups is 1. The van der Waals surface area contributed by atoms with E-state index in [0.717, 1.165) is 39.0 Å². The van der Waals surface area contributed by atoms with E-state index in [1.54, 1.807) is 18.2 Å². The molecule has 23 heavy (non-hydrogen) atoms. The number of piperazine rings is 1. The molecule has 1 atom stereocenters. The molecule has 0 saturated carbocycles. The molecular weight excluding hydrogens is 296 g/mol. The molecule has 1 aromatic carbocycles. The number of hydrogen-bond acceptors (Lipinski definition) is 5. The van der Waals surface area contributed by atoms with Crippen LogP contribution in [0.1, 0.15) is 12.8 Å². The standard InChI is InChI=1S/C16H22N4O3/c1-17-9-11-18(12-10-17)16(21)15-7-4-8-19(15)13-5-2-3-6-14(13)20(22)23/h2-3,5-6,15H,4,7-12H2,1H3/t15-/m0/s1. The lowest BCUT2D eigenvalue weighted by Gasteiger charge is -2.36. The number of hydrogen-bond donors (Lipinski definition) is 0. The van der Waals surface area contributed by atoms with Crippen LogP contribution >= 0.6 is 0 Å². The Morgan fingerprint density at radius 2 is 1.87 bits per heavy atom. The van der Waals surface area contributed by atoms with Crippen LogP contribution in [0.25, 0.3) is 0 Å². The van der Waals surface area contributed by atoms with Crippen molar-refractivity contribution in [3.63, 3.8) is 0 Å². The van der Waals surface area contributed by atoms with E-state index in [-0.39, 0.29) is 22.6 Å². The summed E-state index contributed by atoms with van der Waals surface area (Å²) in [7, 11) is 2.05. The Labute approximate surface area is 135 Å². The fraction of sp³-hybridized carbons (Fsp3) is 0.562. The number of likely N-dealkylation sites (N-methyl/N-ethyl adjacent to an activating group) is 1. The van der Waals surface area contributed by atoms with Crippen molar-refractivity contribution < 1.29 is 9.72 Å². The van der Waals surface area contributed by atoms with E-state index < -0.39 is 0 Å². The summed E-state index contributed by atoms with van der Waals surface area (Å²) in [6.07, 6.45) is 1.65. The molecule has 0 aliphatic carbocycles. The Kier molecular flexibility index (Phi) is 4.47. The third-order valence-electron chi connectivity index (χ3n) is 4.74. The highest BCUT2D eigenvalue weighted by Gasteiger charge is 2.37. The first-order chi connectivity index (χ1) is 11.1. The van der Waals surface area contributed by atoms with Gasteiger partial charge in [-0.1, -0.05) is 12.1 Å². The SMILES string of the molecule is CN1CCN(C(=O)[C@@H]2CCCN2c2ccccc2[N+](=O)[O-])CC1. The van der Waals surface area contributed by atoms with Crippen molar-refractivity contribution >= 4 is 17.3 Å². The third kappa shape index (κ3) is 3.14. The largest absolute Gasteiger partial charge is 0.354 e. The molecule has 2 fully saturated rings. The lowest BCUT2D eigenvalue weighted by Crippen LogP contribution is -2.53. The normalized spacial score (nSPS) is 22.4. The topological polar surface area (TPSA) is 69.9 Å². The maximum absolute atomic E-state index is 12.9. The van der Waals surface area contributed by atoms with Gasteiger partial charge in [-0.25, -0.2) is 0 Å². The summed E-state index contributed by atoms with van der Waals surface area (Å²) in [6.45, 7) is 3.91. The Balaban J connectivity index is 1.81.